The lowest BCUT2D eigenvalue weighted by atomic mass is 10.0. The number of piperidine rings is 1. The first-order chi connectivity index (χ1) is 16.5. The van der Waals surface area contributed by atoms with E-state index in [1.807, 2.05) is 30.3 Å². The van der Waals surface area contributed by atoms with Gasteiger partial charge in [0.05, 0.1) is 17.5 Å². The van der Waals surface area contributed by atoms with Gasteiger partial charge in [-0.1, -0.05) is 18.2 Å². The highest BCUT2D eigenvalue weighted by Crippen LogP contribution is 2.34. The zero-order valence-corrected chi connectivity index (χ0v) is 18.6. The molecule has 10 nitrogen and oxygen atoms in total. The minimum atomic E-state index is -0.541. The van der Waals surface area contributed by atoms with Crippen LogP contribution in [-0.4, -0.2) is 56.9 Å². The van der Waals surface area contributed by atoms with Crippen LogP contribution in [0.25, 0.3) is 11.0 Å². The van der Waals surface area contributed by atoms with E-state index in [2.05, 4.69) is 25.5 Å². The van der Waals surface area contributed by atoms with Gasteiger partial charge in [0, 0.05) is 37.1 Å². The number of nitrogens with zero attached hydrogens (tertiary/aromatic N) is 3. The molecule has 1 saturated heterocycles. The number of carbonyl (C=O) groups is 2. The lowest BCUT2D eigenvalue weighted by Crippen LogP contribution is -2.46. The van der Waals surface area contributed by atoms with Gasteiger partial charge in [0.25, 0.3) is 11.5 Å². The molecular weight excluding hydrogens is 436 g/mol. The van der Waals surface area contributed by atoms with Crippen LogP contribution >= 0.6 is 0 Å². The summed E-state index contributed by atoms with van der Waals surface area (Å²) < 4.78 is 1.50. The van der Waals surface area contributed by atoms with Gasteiger partial charge in [-0.25, -0.2) is 9.78 Å². The van der Waals surface area contributed by atoms with E-state index in [9.17, 15) is 19.2 Å². The molecule has 3 heterocycles. The van der Waals surface area contributed by atoms with E-state index in [1.165, 1.54) is 16.8 Å². The molecule has 2 amide bonds. The van der Waals surface area contributed by atoms with Crippen LogP contribution in [0.3, 0.4) is 0 Å². The number of anilines is 1. The normalized spacial score (nSPS) is 16.9. The van der Waals surface area contributed by atoms with Crippen molar-refractivity contribution in [1.82, 2.24) is 24.8 Å². The first kappa shape index (κ1) is 22.0. The number of pyridine rings is 1. The molecule has 2 fully saturated rings. The Morgan fingerprint density at radius 3 is 2.50 bits per heavy atom. The summed E-state index contributed by atoms with van der Waals surface area (Å²) in [7, 11) is 0. The van der Waals surface area contributed by atoms with E-state index >= 15 is 0 Å². The number of amides is 2. The fraction of sp³-hybridized carbons (Fsp3) is 0.375. The van der Waals surface area contributed by atoms with Crippen molar-refractivity contribution in [3.05, 3.63) is 69.0 Å². The van der Waals surface area contributed by atoms with Crippen LogP contribution in [0.4, 0.5) is 5.69 Å². The third-order valence-corrected chi connectivity index (χ3v) is 6.30. The maximum Gasteiger partial charge on any atom is 0.330 e. The number of fused-ring (bicyclic) bond motifs is 1. The Labute approximate surface area is 195 Å². The Balaban J connectivity index is 1.18. The molecule has 0 bridgehead atoms. The number of aromatic amines is 1. The number of rotatable bonds is 6. The molecule has 2 aromatic heterocycles. The maximum absolute atomic E-state index is 12.8. The van der Waals surface area contributed by atoms with E-state index in [1.54, 1.807) is 0 Å². The third kappa shape index (κ3) is 4.76. The summed E-state index contributed by atoms with van der Waals surface area (Å²) >= 11 is 0. The van der Waals surface area contributed by atoms with E-state index in [0.717, 1.165) is 18.5 Å². The number of nitrogens with one attached hydrogen (secondary N) is 3. The predicted molar refractivity (Wildman–Crippen MR) is 127 cm³/mol. The molecule has 0 atom stereocenters. The van der Waals surface area contributed by atoms with Crippen molar-refractivity contribution in [3.63, 3.8) is 0 Å². The number of H-pyrrole nitrogens is 1. The van der Waals surface area contributed by atoms with Crippen molar-refractivity contribution in [3.8, 4) is 0 Å². The van der Waals surface area contributed by atoms with Gasteiger partial charge in [-0.05, 0) is 43.9 Å². The summed E-state index contributed by atoms with van der Waals surface area (Å²) in [5, 5.41) is 6.13. The van der Waals surface area contributed by atoms with E-state index in [-0.39, 0.29) is 34.8 Å². The van der Waals surface area contributed by atoms with Crippen molar-refractivity contribution in [2.45, 2.75) is 37.8 Å². The van der Waals surface area contributed by atoms with Crippen LogP contribution in [0.15, 0.2) is 52.2 Å². The second-order valence-corrected chi connectivity index (χ2v) is 8.89. The molecule has 0 spiro atoms. The lowest BCUT2D eigenvalue weighted by molar-refractivity contribution is -0.117. The summed E-state index contributed by atoms with van der Waals surface area (Å²) in [5.74, 6) is -0.371. The Morgan fingerprint density at radius 2 is 1.79 bits per heavy atom. The number of carbonyl (C=O) groups excluding carboxylic acids is 2. The van der Waals surface area contributed by atoms with E-state index in [4.69, 9.17) is 0 Å². The first-order valence-corrected chi connectivity index (χ1v) is 11.5. The number of benzene rings is 1. The van der Waals surface area contributed by atoms with Crippen LogP contribution in [0.5, 0.6) is 0 Å². The highest BCUT2D eigenvalue weighted by atomic mass is 16.2. The molecule has 0 unspecified atom stereocenters. The predicted octanol–water partition coefficient (Wildman–Crippen LogP) is 1.25. The van der Waals surface area contributed by atoms with Crippen molar-refractivity contribution in [1.29, 1.82) is 0 Å². The molecule has 0 radical (unpaired) electrons. The average Bonchev–Trinajstić information content (AvgIpc) is 3.66. The maximum atomic E-state index is 12.8. The van der Waals surface area contributed by atoms with Crippen molar-refractivity contribution < 1.29 is 9.59 Å². The number of hydrogen-bond acceptors (Lipinski definition) is 6. The largest absolute Gasteiger partial charge is 0.349 e. The fourth-order valence-electron chi connectivity index (χ4n) is 4.36. The summed E-state index contributed by atoms with van der Waals surface area (Å²) in [6.07, 6.45) is 4.59. The van der Waals surface area contributed by atoms with Gasteiger partial charge in [-0.3, -0.25) is 28.8 Å². The first-order valence-electron chi connectivity index (χ1n) is 11.5. The highest BCUT2D eigenvalue weighted by Gasteiger charge is 2.28. The number of aromatic nitrogens is 3. The minimum absolute atomic E-state index is 0.0321. The van der Waals surface area contributed by atoms with Gasteiger partial charge in [0.1, 0.15) is 5.65 Å². The topological polar surface area (TPSA) is 129 Å². The van der Waals surface area contributed by atoms with Crippen LogP contribution in [0.1, 0.15) is 42.1 Å². The molecule has 3 aromatic rings. The second-order valence-electron chi connectivity index (χ2n) is 8.89. The van der Waals surface area contributed by atoms with Crippen molar-refractivity contribution >= 4 is 28.5 Å². The summed E-state index contributed by atoms with van der Waals surface area (Å²) in [6.45, 7) is 1.68. The van der Waals surface area contributed by atoms with Crippen LogP contribution in [-0.2, 0) is 4.79 Å². The molecule has 2 aliphatic rings. The van der Waals surface area contributed by atoms with Gasteiger partial charge in [0.15, 0.2) is 0 Å². The van der Waals surface area contributed by atoms with Crippen molar-refractivity contribution in [2.24, 2.45) is 0 Å². The molecule has 1 aliphatic heterocycles. The molecule has 5 rings (SSSR count). The summed E-state index contributed by atoms with van der Waals surface area (Å²) in [6, 6.07) is 10.9. The Bertz CT molecular complexity index is 1340. The van der Waals surface area contributed by atoms with Crippen molar-refractivity contribution in [2.75, 3.05) is 25.0 Å². The molecule has 34 heavy (non-hydrogen) atoms. The molecular formula is C24H26N6O4. The monoisotopic (exact) mass is 462 g/mol. The molecule has 10 heteroatoms. The van der Waals surface area contributed by atoms with E-state index in [0.29, 0.717) is 38.1 Å². The zero-order chi connectivity index (χ0) is 23.7. The Hall–Kier alpha value is -3.79. The quantitative estimate of drug-likeness (QED) is 0.506. The van der Waals surface area contributed by atoms with E-state index < -0.39 is 11.2 Å². The minimum Gasteiger partial charge on any atom is -0.349 e. The Kier molecular flexibility index (Phi) is 5.97. The fourth-order valence-corrected chi connectivity index (χ4v) is 4.36. The van der Waals surface area contributed by atoms with Gasteiger partial charge in [-0.15, -0.1) is 0 Å². The number of likely N-dealkylation sites (tertiary alicyclic amines) is 1. The van der Waals surface area contributed by atoms with Crippen LogP contribution < -0.4 is 21.9 Å². The third-order valence-electron chi connectivity index (χ3n) is 6.30. The lowest BCUT2D eigenvalue weighted by Gasteiger charge is -2.31. The summed E-state index contributed by atoms with van der Waals surface area (Å²) in [4.78, 5) is 58.3. The van der Waals surface area contributed by atoms with Crippen LogP contribution in [0, 0.1) is 0 Å². The second kappa shape index (κ2) is 9.22. The molecule has 1 aliphatic carbocycles. The molecule has 176 valence electrons. The molecule has 3 N–H and O–H groups in total. The standard InChI is InChI=1S/C24H26N6O4/c31-20(26-16-4-2-1-3-5-16)14-29-10-8-17(9-11-29)27-22(32)15-12-19-21(25-13-15)30(18-6-7-18)24(34)28-23(19)33/h1-5,12-13,17-18H,6-11,14H2,(H,26,31)(H,27,32)(H,28,33,34). The van der Waals surface area contributed by atoms with Crippen LogP contribution in [0.2, 0.25) is 0 Å². The van der Waals surface area contributed by atoms with Gasteiger partial charge in [-0.2, -0.15) is 0 Å². The average molecular weight is 463 g/mol. The molecule has 1 saturated carbocycles. The van der Waals surface area contributed by atoms with Gasteiger partial charge >= 0.3 is 5.69 Å². The number of para-hydroxylation sites is 1. The smallest absolute Gasteiger partial charge is 0.330 e. The Morgan fingerprint density at radius 1 is 1.06 bits per heavy atom. The highest BCUT2D eigenvalue weighted by molar-refractivity contribution is 5.97. The summed E-state index contributed by atoms with van der Waals surface area (Å²) in [5.41, 5.74) is 0.361. The zero-order valence-electron chi connectivity index (χ0n) is 18.6. The SMILES string of the molecule is O=C(CN1CCC(NC(=O)c2cnc3c(c2)c(=O)[nH]c(=O)n3C2CC2)CC1)Nc1ccccc1. The number of hydrogen-bond donors (Lipinski definition) is 3. The van der Waals surface area contributed by atoms with Gasteiger partial charge in [0.2, 0.25) is 5.91 Å². The molecule has 1 aromatic carbocycles. The van der Waals surface area contributed by atoms with Gasteiger partial charge < -0.3 is 10.6 Å².